The minimum Gasteiger partial charge on any atom is -0.347 e. The predicted molar refractivity (Wildman–Crippen MR) is 72.9 cm³/mol. The van der Waals surface area contributed by atoms with Crippen LogP contribution < -0.4 is 0 Å². The second-order valence-electron chi connectivity index (χ2n) is 5.35. The number of hydrogen-bond acceptors (Lipinski definition) is 4. The van der Waals surface area contributed by atoms with Gasteiger partial charge >= 0.3 is 0 Å². The normalized spacial score (nSPS) is 21.1. The highest BCUT2D eigenvalue weighted by Gasteiger charge is 2.30. The van der Waals surface area contributed by atoms with Gasteiger partial charge in [0.2, 0.25) is 0 Å². The first-order valence-electron chi connectivity index (χ1n) is 5.77. The van der Waals surface area contributed by atoms with Gasteiger partial charge in [0.1, 0.15) is 0 Å². The van der Waals surface area contributed by atoms with E-state index in [1.165, 1.54) is 19.2 Å². The molecular formula is C13H16O2S2. The maximum Gasteiger partial charge on any atom is 0.193 e. The number of hydrogen-bond donors (Lipinski definition) is 0. The lowest BCUT2D eigenvalue weighted by atomic mass is 9.96. The van der Waals surface area contributed by atoms with Crippen LogP contribution in [0.3, 0.4) is 0 Å². The van der Waals surface area contributed by atoms with E-state index in [1.807, 2.05) is 11.3 Å². The van der Waals surface area contributed by atoms with Crippen molar-refractivity contribution in [2.24, 2.45) is 5.41 Å². The fourth-order valence-electron chi connectivity index (χ4n) is 1.95. The van der Waals surface area contributed by atoms with Crippen molar-refractivity contribution in [2.45, 2.75) is 27.1 Å². The van der Waals surface area contributed by atoms with E-state index >= 15 is 0 Å². The summed E-state index contributed by atoms with van der Waals surface area (Å²) in [5, 5.41) is 0. The Morgan fingerprint density at radius 1 is 1.12 bits per heavy atom. The van der Waals surface area contributed by atoms with Crippen molar-refractivity contribution in [1.29, 1.82) is 0 Å². The maximum absolute atomic E-state index is 5.80. The topological polar surface area (TPSA) is 18.5 Å². The molecule has 1 aliphatic rings. The molecule has 4 heteroatoms. The van der Waals surface area contributed by atoms with Crippen molar-refractivity contribution in [3.05, 3.63) is 21.9 Å². The molecule has 0 spiro atoms. The molecule has 0 unspecified atom stereocenters. The van der Waals surface area contributed by atoms with E-state index in [-0.39, 0.29) is 11.7 Å². The van der Waals surface area contributed by atoms with Crippen molar-refractivity contribution in [2.75, 3.05) is 13.2 Å². The van der Waals surface area contributed by atoms with E-state index in [1.54, 1.807) is 11.3 Å². The van der Waals surface area contributed by atoms with Crippen LogP contribution >= 0.6 is 22.7 Å². The molecule has 3 heterocycles. The van der Waals surface area contributed by atoms with Gasteiger partial charge in [-0.25, -0.2) is 0 Å². The van der Waals surface area contributed by atoms with Crippen LogP contribution in [0.5, 0.6) is 0 Å². The minimum atomic E-state index is -0.159. The fourth-order valence-corrected chi connectivity index (χ4v) is 4.27. The minimum absolute atomic E-state index is 0.141. The first kappa shape index (κ1) is 11.7. The second kappa shape index (κ2) is 4.05. The fraction of sp³-hybridized carbons (Fsp3) is 0.538. The molecule has 1 aliphatic heterocycles. The van der Waals surface area contributed by atoms with Gasteiger partial charge in [0.15, 0.2) is 6.29 Å². The first-order valence-corrected chi connectivity index (χ1v) is 7.40. The molecule has 0 aromatic carbocycles. The molecule has 2 aromatic heterocycles. The van der Waals surface area contributed by atoms with Gasteiger partial charge in [-0.3, -0.25) is 0 Å². The van der Waals surface area contributed by atoms with Gasteiger partial charge in [0.25, 0.3) is 0 Å². The van der Waals surface area contributed by atoms with Gasteiger partial charge in [0.05, 0.1) is 18.1 Å². The summed E-state index contributed by atoms with van der Waals surface area (Å²) in [6.45, 7) is 8.01. The Labute approximate surface area is 109 Å². The quantitative estimate of drug-likeness (QED) is 0.766. The Kier molecular flexibility index (Phi) is 2.78. The Bertz CT molecular complexity index is 497. The van der Waals surface area contributed by atoms with Crippen molar-refractivity contribution in [1.82, 2.24) is 0 Å². The van der Waals surface area contributed by atoms with Crippen LogP contribution in [0, 0.1) is 12.3 Å². The average Bonchev–Trinajstić information content (AvgIpc) is 2.74. The molecule has 0 N–H and O–H groups in total. The molecule has 0 bridgehead atoms. The van der Waals surface area contributed by atoms with Crippen molar-refractivity contribution < 1.29 is 9.47 Å². The van der Waals surface area contributed by atoms with Crippen LogP contribution in [0.1, 0.15) is 29.9 Å². The van der Waals surface area contributed by atoms with Crippen LogP contribution in [-0.2, 0) is 9.47 Å². The summed E-state index contributed by atoms with van der Waals surface area (Å²) >= 11 is 3.62. The summed E-state index contributed by atoms with van der Waals surface area (Å²) in [6.07, 6.45) is -0.159. The summed E-state index contributed by atoms with van der Waals surface area (Å²) in [7, 11) is 0. The van der Waals surface area contributed by atoms with E-state index in [0.717, 1.165) is 13.2 Å². The number of aryl methyl sites for hydroxylation is 1. The maximum atomic E-state index is 5.80. The smallest absolute Gasteiger partial charge is 0.193 e. The first-order chi connectivity index (χ1) is 8.03. The molecular weight excluding hydrogens is 252 g/mol. The zero-order chi connectivity index (χ0) is 12.0. The van der Waals surface area contributed by atoms with Gasteiger partial charge in [0, 0.05) is 19.7 Å². The molecule has 0 saturated carbocycles. The van der Waals surface area contributed by atoms with Crippen LogP contribution in [0.15, 0.2) is 12.1 Å². The molecule has 1 fully saturated rings. The molecule has 2 nitrogen and oxygen atoms in total. The third-order valence-electron chi connectivity index (χ3n) is 2.83. The molecule has 1 saturated heterocycles. The lowest BCUT2D eigenvalue weighted by molar-refractivity contribution is -0.224. The average molecular weight is 268 g/mol. The summed E-state index contributed by atoms with van der Waals surface area (Å²) < 4.78 is 14.3. The Morgan fingerprint density at radius 2 is 1.76 bits per heavy atom. The van der Waals surface area contributed by atoms with Crippen LogP contribution in [0.25, 0.3) is 9.40 Å². The Morgan fingerprint density at radius 3 is 2.41 bits per heavy atom. The van der Waals surface area contributed by atoms with Crippen LogP contribution in [0.4, 0.5) is 0 Å². The van der Waals surface area contributed by atoms with Gasteiger partial charge in [-0.2, -0.15) is 0 Å². The summed E-state index contributed by atoms with van der Waals surface area (Å²) in [4.78, 5) is 2.56. The van der Waals surface area contributed by atoms with Crippen molar-refractivity contribution in [3.8, 4) is 0 Å². The zero-order valence-electron chi connectivity index (χ0n) is 10.3. The zero-order valence-corrected chi connectivity index (χ0v) is 11.9. The third-order valence-corrected chi connectivity index (χ3v) is 5.06. The molecule has 0 atom stereocenters. The summed E-state index contributed by atoms with van der Waals surface area (Å²) in [5.41, 5.74) is 0.141. The molecule has 3 rings (SSSR count). The van der Waals surface area contributed by atoms with E-state index in [4.69, 9.17) is 9.47 Å². The molecule has 0 aliphatic carbocycles. The predicted octanol–water partition coefficient (Wildman–Crippen LogP) is 4.34. The van der Waals surface area contributed by atoms with E-state index in [0.29, 0.717) is 0 Å². The van der Waals surface area contributed by atoms with Gasteiger partial charge in [-0.05, 0) is 19.1 Å². The lowest BCUT2D eigenvalue weighted by Gasteiger charge is -2.34. The standard InChI is InChI=1S/C13H16O2S2/c1-8-4-9-10(16-8)5-11(17-9)12-14-6-13(2,3)7-15-12/h4-5,12H,6-7H2,1-3H3. The van der Waals surface area contributed by atoms with Gasteiger partial charge in [-0.1, -0.05) is 13.8 Å². The summed E-state index contributed by atoms with van der Waals surface area (Å²) in [6, 6.07) is 4.45. The number of rotatable bonds is 1. The monoisotopic (exact) mass is 268 g/mol. The second-order valence-corrected chi connectivity index (χ2v) is 7.76. The number of thiophene rings is 2. The third kappa shape index (κ3) is 2.27. The molecule has 0 amide bonds. The van der Waals surface area contributed by atoms with Crippen LogP contribution in [0.2, 0.25) is 0 Å². The molecule has 0 radical (unpaired) electrons. The van der Waals surface area contributed by atoms with E-state index < -0.39 is 0 Å². The highest BCUT2D eigenvalue weighted by Crippen LogP contribution is 2.39. The van der Waals surface area contributed by atoms with E-state index in [2.05, 4.69) is 32.9 Å². The summed E-state index contributed by atoms with van der Waals surface area (Å²) in [5.74, 6) is 0. The lowest BCUT2D eigenvalue weighted by Crippen LogP contribution is -2.33. The Hall–Kier alpha value is -0.420. The molecule has 2 aromatic rings. The van der Waals surface area contributed by atoms with Gasteiger partial charge < -0.3 is 9.47 Å². The van der Waals surface area contributed by atoms with Crippen LogP contribution in [-0.4, -0.2) is 13.2 Å². The highest BCUT2D eigenvalue weighted by molar-refractivity contribution is 7.27. The highest BCUT2D eigenvalue weighted by atomic mass is 32.1. The largest absolute Gasteiger partial charge is 0.347 e. The number of fused-ring (bicyclic) bond motifs is 1. The SMILES string of the molecule is Cc1cc2sc(C3OCC(C)(C)CO3)cc2s1. The Balaban J connectivity index is 1.82. The van der Waals surface area contributed by atoms with Crippen molar-refractivity contribution >= 4 is 32.1 Å². The van der Waals surface area contributed by atoms with E-state index in [9.17, 15) is 0 Å². The molecule has 92 valence electrons. The number of ether oxygens (including phenoxy) is 2. The molecule has 17 heavy (non-hydrogen) atoms. The van der Waals surface area contributed by atoms with Gasteiger partial charge in [-0.15, -0.1) is 22.7 Å². The van der Waals surface area contributed by atoms with Crippen molar-refractivity contribution in [3.63, 3.8) is 0 Å².